The highest BCUT2D eigenvalue weighted by atomic mass is 16.5. The molecule has 8 heteroatoms. The number of fused-ring (bicyclic) bond motifs is 1. The Labute approximate surface area is 225 Å². The largest absolute Gasteiger partial charge is 0.492 e. The second-order valence-electron chi connectivity index (χ2n) is 9.76. The molecule has 2 aromatic heterocycles. The molecule has 0 fully saturated rings. The molecule has 38 heavy (non-hydrogen) atoms. The first-order valence-corrected chi connectivity index (χ1v) is 13.2. The van der Waals surface area contributed by atoms with Crippen LogP contribution in [0.15, 0.2) is 36.5 Å². The number of ether oxygens (including phenoxy) is 1. The van der Waals surface area contributed by atoms with Crippen LogP contribution in [0.4, 0.5) is 5.82 Å². The average molecular weight is 513 g/mol. The van der Waals surface area contributed by atoms with Crippen LogP contribution in [0.25, 0.3) is 11.1 Å². The maximum absolute atomic E-state index is 14.0. The van der Waals surface area contributed by atoms with Crippen LogP contribution in [0.2, 0.25) is 0 Å². The van der Waals surface area contributed by atoms with Gasteiger partial charge in [-0.1, -0.05) is 13.0 Å². The lowest BCUT2D eigenvalue weighted by atomic mass is 9.86. The van der Waals surface area contributed by atoms with E-state index in [1.807, 2.05) is 37.8 Å². The molecule has 3 aromatic rings. The molecule has 3 heterocycles. The number of amides is 1. The summed E-state index contributed by atoms with van der Waals surface area (Å²) in [5, 5.41) is 9.40. The van der Waals surface area contributed by atoms with Crippen LogP contribution in [0.3, 0.4) is 0 Å². The zero-order valence-electron chi connectivity index (χ0n) is 22.9. The summed E-state index contributed by atoms with van der Waals surface area (Å²) in [5.74, 6) is 0.960. The standard InChI is InChI=1S/C30H36N6O2/c1-6-35(5)12-10-21-14-25(23-8-9-29(32)34-19(23)3)24-11-13-36(30(37)26(24)15-21)20(4)27-16-28(38-7-2)22(17-31)18-33-27/h8-9,14-16,18,20H,6-7,10-13H2,1-5H3,(H2,32,34)/t20-/m1/s1. The number of pyridine rings is 2. The first-order valence-electron chi connectivity index (χ1n) is 13.2. The lowest BCUT2D eigenvalue weighted by Gasteiger charge is -2.35. The number of nitrogen functional groups attached to an aromatic ring is 1. The lowest BCUT2D eigenvalue weighted by Crippen LogP contribution is -2.40. The summed E-state index contributed by atoms with van der Waals surface area (Å²) in [6.07, 6.45) is 3.08. The Morgan fingerprint density at radius 2 is 1.97 bits per heavy atom. The number of benzene rings is 1. The molecule has 1 aliphatic rings. The van der Waals surface area contributed by atoms with Gasteiger partial charge in [0, 0.05) is 42.2 Å². The van der Waals surface area contributed by atoms with Crippen molar-refractivity contribution in [3.63, 3.8) is 0 Å². The van der Waals surface area contributed by atoms with Gasteiger partial charge in [-0.05, 0) is 82.1 Å². The van der Waals surface area contributed by atoms with Gasteiger partial charge in [-0.2, -0.15) is 5.26 Å². The third kappa shape index (κ3) is 5.48. The van der Waals surface area contributed by atoms with Crippen LogP contribution in [-0.2, 0) is 12.8 Å². The number of nitrogens with two attached hydrogens (primary N) is 1. The molecule has 0 radical (unpaired) electrons. The Morgan fingerprint density at radius 1 is 1.21 bits per heavy atom. The summed E-state index contributed by atoms with van der Waals surface area (Å²) in [6.45, 7) is 10.8. The molecule has 0 saturated heterocycles. The van der Waals surface area contributed by atoms with E-state index < -0.39 is 0 Å². The lowest BCUT2D eigenvalue weighted by molar-refractivity contribution is 0.0669. The zero-order chi connectivity index (χ0) is 27.4. The summed E-state index contributed by atoms with van der Waals surface area (Å²) in [5.41, 5.74) is 12.8. The zero-order valence-corrected chi connectivity index (χ0v) is 22.9. The number of anilines is 1. The first kappa shape index (κ1) is 27.1. The van der Waals surface area contributed by atoms with Crippen molar-refractivity contribution in [1.29, 1.82) is 5.26 Å². The molecule has 0 bridgehead atoms. The average Bonchev–Trinajstić information content (AvgIpc) is 2.91. The van der Waals surface area contributed by atoms with Crippen molar-refractivity contribution >= 4 is 11.7 Å². The molecular formula is C30H36N6O2. The smallest absolute Gasteiger partial charge is 0.254 e. The summed E-state index contributed by atoms with van der Waals surface area (Å²) in [4.78, 5) is 27.1. The molecule has 0 spiro atoms. The molecule has 1 aromatic carbocycles. The predicted octanol–water partition coefficient (Wildman–Crippen LogP) is 4.56. The van der Waals surface area contributed by atoms with E-state index in [0.717, 1.165) is 53.0 Å². The number of aryl methyl sites for hydroxylation is 1. The summed E-state index contributed by atoms with van der Waals surface area (Å²) >= 11 is 0. The van der Waals surface area contributed by atoms with Gasteiger partial charge in [0.25, 0.3) is 5.91 Å². The minimum Gasteiger partial charge on any atom is -0.492 e. The number of hydrogen-bond donors (Lipinski definition) is 1. The van der Waals surface area contributed by atoms with E-state index in [4.69, 9.17) is 10.5 Å². The number of carbonyl (C=O) groups excluding carboxylic acids is 1. The van der Waals surface area contributed by atoms with Gasteiger partial charge in [0.1, 0.15) is 23.2 Å². The third-order valence-electron chi connectivity index (χ3n) is 7.33. The normalized spacial score (nSPS) is 13.8. The fourth-order valence-electron chi connectivity index (χ4n) is 4.98. The molecule has 198 valence electrons. The van der Waals surface area contributed by atoms with Gasteiger partial charge in [0.15, 0.2) is 0 Å². The topological polar surface area (TPSA) is 108 Å². The Bertz CT molecular complexity index is 1380. The van der Waals surface area contributed by atoms with Gasteiger partial charge in [-0.25, -0.2) is 4.98 Å². The van der Waals surface area contributed by atoms with Crippen LogP contribution in [-0.4, -0.2) is 59.0 Å². The number of nitrogens with zero attached hydrogens (tertiary/aromatic N) is 5. The van der Waals surface area contributed by atoms with E-state index in [2.05, 4.69) is 47.0 Å². The Balaban J connectivity index is 1.74. The molecule has 4 rings (SSSR count). The quantitative estimate of drug-likeness (QED) is 0.448. The number of aromatic nitrogens is 2. The SMILES string of the molecule is CCOc1cc([C@@H](C)N2CCc3c(cc(CCN(C)CC)cc3-c3ccc(N)nc3C)C2=O)ncc1C#N. The van der Waals surface area contributed by atoms with E-state index in [1.54, 1.807) is 6.07 Å². The second kappa shape index (κ2) is 11.6. The molecular weight excluding hydrogens is 476 g/mol. The van der Waals surface area contributed by atoms with E-state index in [0.29, 0.717) is 42.4 Å². The van der Waals surface area contributed by atoms with Gasteiger partial charge in [-0.3, -0.25) is 9.78 Å². The van der Waals surface area contributed by atoms with Crippen LogP contribution in [0, 0.1) is 18.3 Å². The summed E-state index contributed by atoms with van der Waals surface area (Å²) in [7, 11) is 2.10. The van der Waals surface area contributed by atoms with E-state index in [1.165, 1.54) is 6.20 Å². The monoisotopic (exact) mass is 512 g/mol. The van der Waals surface area contributed by atoms with Crippen molar-refractivity contribution in [2.45, 2.75) is 46.6 Å². The number of rotatable bonds is 9. The number of hydrogen-bond acceptors (Lipinski definition) is 7. The molecule has 0 aliphatic carbocycles. The van der Waals surface area contributed by atoms with Gasteiger partial charge in [-0.15, -0.1) is 0 Å². The molecule has 1 aliphatic heterocycles. The second-order valence-corrected chi connectivity index (χ2v) is 9.76. The Kier molecular flexibility index (Phi) is 8.28. The van der Waals surface area contributed by atoms with Crippen LogP contribution in [0.5, 0.6) is 5.75 Å². The van der Waals surface area contributed by atoms with Crippen molar-refractivity contribution < 1.29 is 9.53 Å². The number of nitriles is 1. The predicted molar refractivity (Wildman–Crippen MR) is 149 cm³/mol. The number of likely N-dealkylation sites (N-methyl/N-ethyl adjacent to an activating group) is 1. The van der Waals surface area contributed by atoms with Crippen molar-refractivity contribution in [1.82, 2.24) is 19.8 Å². The van der Waals surface area contributed by atoms with Gasteiger partial charge in [0.2, 0.25) is 0 Å². The van der Waals surface area contributed by atoms with Gasteiger partial charge < -0.3 is 20.3 Å². The van der Waals surface area contributed by atoms with Crippen LogP contribution < -0.4 is 10.5 Å². The molecule has 2 N–H and O–H groups in total. The maximum Gasteiger partial charge on any atom is 0.254 e. The summed E-state index contributed by atoms with van der Waals surface area (Å²) < 4.78 is 5.66. The van der Waals surface area contributed by atoms with Crippen molar-refractivity contribution in [2.24, 2.45) is 0 Å². The van der Waals surface area contributed by atoms with Crippen LogP contribution in [0.1, 0.15) is 65.2 Å². The first-order chi connectivity index (χ1) is 18.3. The molecule has 1 atom stereocenters. The van der Waals surface area contributed by atoms with E-state index in [-0.39, 0.29) is 11.9 Å². The molecule has 8 nitrogen and oxygen atoms in total. The number of carbonyl (C=O) groups is 1. The van der Waals surface area contributed by atoms with Gasteiger partial charge in [0.05, 0.1) is 18.3 Å². The van der Waals surface area contributed by atoms with Crippen molar-refractivity contribution in [3.8, 4) is 22.9 Å². The highest BCUT2D eigenvalue weighted by Crippen LogP contribution is 2.36. The fraction of sp³-hybridized carbons (Fsp3) is 0.400. The highest BCUT2D eigenvalue weighted by Gasteiger charge is 2.32. The van der Waals surface area contributed by atoms with Crippen molar-refractivity contribution in [3.05, 3.63) is 70.2 Å². The molecule has 0 saturated carbocycles. The molecule has 1 amide bonds. The fourth-order valence-corrected chi connectivity index (χ4v) is 4.98. The van der Waals surface area contributed by atoms with Crippen molar-refractivity contribution in [2.75, 3.05) is 39.0 Å². The minimum absolute atomic E-state index is 0.0177. The Hall–Kier alpha value is -3.96. The Morgan fingerprint density at radius 3 is 2.66 bits per heavy atom. The summed E-state index contributed by atoms with van der Waals surface area (Å²) in [6, 6.07) is 11.7. The van der Waals surface area contributed by atoms with E-state index >= 15 is 0 Å². The minimum atomic E-state index is -0.277. The van der Waals surface area contributed by atoms with Crippen LogP contribution >= 0.6 is 0 Å². The van der Waals surface area contributed by atoms with Gasteiger partial charge >= 0.3 is 0 Å². The highest BCUT2D eigenvalue weighted by molar-refractivity contribution is 5.99. The third-order valence-corrected chi connectivity index (χ3v) is 7.33. The molecule has 0 unspecified atom stereocenters. The maximum atomic E-state index is 14.0. The van der Waals surface area contributed by atoms with E-state index in [9.17, 15) is 10.1 Å².